The Hall–Kier alpha value is -2.05. The molecule has 146 valence electrons. The van der Waals surface area contributed by atoms with E-state index in [1.807, 2.05) is 19.2 Å². The highest BCUT2D eigenvalue weighted by molar-refractivity contribution is 6.30. The minimum atomic E-state index is -0.0898. The van der Waals surface area contributed by atoms with Crippen molar-refractivity contribution in [3.05, 3.63) is 34.9 Å². The van der Waals surface area contributed by atoms with E-state index in [0.29, 0.717) is 41.2 Å². The summed E-state index contributed by atoms with van der Waals surface area (Å²) < 4.78 is 10.6. The van der Waals surface area contributed by atoms with E-state index in [2.05, 4.69) is 10.5 Å². The molecule has 1 fully saturated rings. The Bertz CT molecular complexity index is 754. The number of amides is 1. The van der Waals surface area contributed by atoms with Gasteiger partial charge in [0, 0.05) is 37.8 Å². The number of carbonyl (C=O) groups excluding carboxylic acids is 1. The molecule has 0 saturated heterocycles. The minimum absolute atomic E-state index is 0.0898. The van der Waals surface area contributed by atoms with Crippen LogP contribution in [0.25, 0.3) is 11.3 Å². The van der Waals surface area contributed by atoms with Crippen LogP contribution in [0.15, 0.2) is 28.8 Å². The van der Waals surface area contributed by atoms with Gasteiger partial charge in [-0.1, -0.05) is 29.6 Å². The number of anilines is 1. The number of ether oxygens (including phenoxy) is 1. The molecule has 0 bridgehead atoms. The van der Waals surface area contributed by atoms with Gasteiger partial charge in [0.15, 0.2) is 11.6 Å². The van der Waals surface area contributed by atoms with Gasteiger partial charge in [0.2, 0.25) is 0 Å². The summed E-state index contributed by atoms with van der Waals surface area (Å²) in [7, 11) is 3.48. The second-order valence-electron chi connectivity index (χ2n) is 7.00. The molecule has 1 heterocycles. The van der Waals surface area contributed by atoms with Crippen LogP contribution in [0.3, 0.4) is 0 Å². The van der Waals surface area contributed by atoms with Gasteiger partial charge in [0.05, 0.1) is 6.61 Å². The Morgan fingerprint density at radius 3 is 2.70 bits per heavy atom. The third-order valence-corrected chi connectivity index (χ3v) is 5.22. The summed E-state index contributed by atoms with van der Waals surface area (Å²) in [4.78, 5) is 15.0. The first-order chi connectivity index (χ1) is 13.1. The lowest BCUT2D eigenvalue weighted by Crippen LogP contribution is -2.31. The predicted octanol–water partition coefficient (Wildman–Crippen LogP) is 4.32. The van der Waals surface area contributed by atoms with Crippen molar-refractivity contribution < 1.29 is 14.1 Å². The van der Waals surface area contributed by atoms with Crippen molar-refractivity contribution in [2.75, 3.05) is 39.2 Å². The first-order valence-electron chi connectivity index (χ1n) is 9.34. The standard InChI is InChI=1S/C20H26ClN3O3/c1-24(13-14-5-3-4-6-14)20(25)17-18(15-7-9-16(21)10-8-15)27-23-19(17)22-11-12-26-2/h7-10,14H,3-6,11-13H2,1-2H3,(H,22,23). The van der Waals surface area contributed by atoms with E-state index in [4.69, 9.17) is 20.9 Å². The van der Waals surface area contributed by atoms with E-state index in [9.17, 15) is 4.79 Å². The third kappa shape index (κ3) is 4.82. The van der Waals surface area contributed by atoms with Crippen LogP contribution in [-0.2, 0) is 4.74 Å². The Balaban J connectivity index is 1.87. The van der Waals surface area contributed by atoms with E-state index in [1.54, 1.807) is 24.1 Å². The van der Waals surface area contributed by atoms with Gasteiger partial charge < -0.3 is 19.5 Å². The third-order valence-electron chi connectivity index (χ3n) is 4.96. The average Bonchev–Trinajstić information content (AvgIpc) is 3.32. The van der Waals surface area contributed by atoms with Crippen LogP contribution < -0.4 is 5.32 Å². The molecule has 0 aliphatic heterocycles. The summed E-state index contributed by atoms with van der Waals surface area (Å²) >= 11 is 5.99. The average molecular weight is 392 g/mol. The van der Waals surface area contributed by atoms with Gasteiger partial charge in [-0.15, -0.1) is 0 Å². The van der Waals surface area contributed by atoms with Crippen LogP contribution in [0.2, 0.25) is 5.02 Å². The molecule has 6 nitrogen and oxygen atoms in total. The number of methoxy groups -OCH3 is 1. The predicted molar refractivity (Wildman–Crippen MR) is 106 cm³/mol. The highest BCUT2D eigenvalue weighted by atomic mass is 35.5. The number of hydrogen-bond acceptors (Lipinski definition) is 5. The molecule has 0 spiro atoms. The van der Waals surface area contributed by atoms with Gasteiger partial charge in [-0.2, -0.15) is 0 Å². The van der Waals surface area contributed by atoms with Crippen molar-refractivity contribution in [3.8, 4) is 11.3 Å². The molecule has 1 N–H and O–H groups in total. The summed E-state index contributed by atoms with van der Waals surface area (Å²) in [6.45, 7) is 1.80. The Morgan fingerprint density at radius 2 is 2.04 bits per heavy atom. The Morgan fingerprint density at radius 1 is 1.33 bits per heavy atom. The van der Waals surface area contributed by atoms with E-state index >= 15 is 0 Å². The van der Waals surface area contributed by atoms with Crippen LogP contribution in [-0.4, -0.2) is 49.8 Å². The number of halogens is 1. The largest absolute Gasteiger partial charge is 0.383 e. The molecule has 1 saturated carbocycles. The van der Waals surface area contributed by atoms with Crippen molar-refractivity contribution in [1.29, 1.82) is 0 Å². The first-order valence-corrected chi connectivity index (χ1v) is 9.72. The van der Waals surface area contributed by atoms with Crippen molar-refractivity contribution in [2.45, 2.75) is 25.7 Å². The van der Waals surface area contributed by atoms with Gasteiger partial charge in [0.25, 0.3) is 5.91 Å². The molecule has 27 heavy (non-hydrogen) atoms. The van der Waals surface area contributed by atoms with Crippen molar-refractivity contribution in [1.82, 2.24) is 10.1 Å². The molecule has 1 aromatic carbocycles. The fourth-order valence-corrected chi connectivity index (χ4v) is 3.66. The van der Waals surface area contributed by atoms with Crippen LogP contribution in [0.1, 0.15) is 36.0 Å². The zero-order valence-electron chi connectivity index (χ0n) is 15.8. The molecular weight excluding hydrogens is 366 g/mol. The fourth-order valence-electron chi connectivity index (χ4n) is 3.53. The molecule has 0 atom stereocenters. The number of benzene rings is 1. The minimum Gasteiger partial charge on any atom is -0.383 e. The fraction of sp³-hybridized carbons (Fsp3) is 0.500. The lowest BCUT2D eigenvalue weighted by molar-refractivity contribution is 0.0774. The SMILES string of the molecule is COCCNc1noc(-c2ccc(Cl)cc2)c1C(=O)N(C)CC1CCCC1. The van der Waals surface area contributed by atoms with Gasteiger partial charge in [0.1, 0.15) is 5.56 Å². The lowest BCUT2D eigenvalue weighted by Gasteiger charge is -2.21. The van der Waals surface area contributed by atoms with Crippen LogP contribution in [0, 0.1) is 5.92 Å². The smallest absolute Gasteiger partial charge is 0.261 e. The van der Waals surface area contributed by atoms with Crippen LogP contribution in [0.5, 0.6) is 0 Å². The number of nitrogens with one attached hydrogen (secondary N) is 1. The molecule has 0 radical (unpaired) electrons. The quantitative estimate of drug-likeness (QED) is 0.679. The topological polar surface area (TPSA) is 67.6 Å². The summed E-state index contributed by atoms with van der Waals surface area (Å²) in [6.07, 6.45) is 4.87. The molecule has 3 rings (SSSR count). The number of nitrogens with zero attached hydrogens (tertiary/aromatic N) is 2. The van der Waals surface area contributed by atoms with Gasteiger partial charge in [-0.3, -0.25) is 4.79 Å². The second kappa shape index (κ2) is 9.24. The monoisotopic (exact) mass is 391 g/mol. The number of rotatable bonds is 8. The van der Waals surface area contributed by atoms with E-state index in [0.717, 1.165) is 12.1 Å². The molecule has 7 heteroatoms. The number of hydrogen-bond donors (Lipinski definition) is 1. The normalized spacial score (nSPS) is 14.5. The summed E-state index contributed by atoms with van der Waals surface area (Å²) in [5.41, 5.74) is 1.22. The maximum Gasteiger partial charge on any atom is 0.261 e. The van der Waals surface area contributed by atoms with E-state index in [-0.39, 0.29) is 5.91 Å². The molecule has 1 aromatic heterocycles. The molecule has 1 aliphatic carbocycles. The molecule has 1 amide bonds. The van der Waals surface area contributed by atoms with E-state index < -0.39 is 0 Å². The second-order valence-corrected chi connectivity index (χ2v) is 7.43. The lowest BCUT2D eigenvalue weighted by atomic mass is 10.1. The highest BCUT2D eigenvalue weighted by Gasteiger charge is 2.28. The van der Waals surface area contributed by atoms with Crippen molar-refractivity contribution >= 4 is 23.3 Å². The van der Waals surface area contributed by atoms with Gasteiger partial charge in [-0.05, 0) is 43.0 Å². The zero-order valence-corrected chi connectivity index (χ0v) is 16.6. The molecular formula is C20H26ClN3O3. The summed E-state index contributed by atoms with van der Waals surface area (Å²) in [5.74, 6) is 1.38. The van der Waals surface area contributed by atoms with Gasteiger partial charge in [-0.25, -0.2) is 0 Å². The Labute approximate surface area is 164 Å². The number of carbonyl (C=O) groups is 1. The van der Waals surface area contributed by atoms with Crippen LogP contribution >= 0.6 is 11.6 Å². The van der Waals surface area contributed by atoms with Crippen molar-refractivity contribution in [3.63, 3.8) is 0 Å². The molecule has 0 unspecified atom stereocenters. The molecule has 2 aromatic rings. The Kier molecular flexibility index (Phi) is 6.74. The van der Waals surface area contributed by atoms with Gasteiger partial charge >= 0.3 is 0 Å². The van der Waals surface area contributed by atoms with Crippen molar-refractivity contribution in [2.24, 2.45) is 5.92 Å². The first kappa shape index (κ1) is 19.7. The summed E-state index contributed by atoms with van der Waals surface area (Å²) in [6, 6.07) is 7.20. The zero-order chi connectivity index (χ0) is 19.2. The molecule has 1 aliphatic rings. The maximum absolute atomic E-state index is 13.2. The van der Waals surface area contributed by atoms with E-state index in [1.165, 1.54) is 25.7 Å². The van der Waals surface area contributed by atoms with Crippen LogP contribution in [0.4, 0.5) is 5.82 Å². The maximum atomic E-state index is 13.2. The number of aromatic nitrogens is 1. The highest BCUT2D eigenvalue weighted by Crippen LogP contribution is 2.32. The summed E-state index contributed by atoms with van der Waals surface area (Å²) in [5, 5.41) is 7.87.